The van der Waals surface area contributed by atoms with E-state index in [0.717, 1.165) is 30.2 Å². The van der Waals surface area contributed by atoms with E-state index in [4.69, 9.17) is 9.47 Å². The summed E-state index contributed by atoms with van der Waals surface area (Å²) < 4.78 is 10.9. The summed E-state index contributed by atoms with van der Waals surface area (Å²) in [7, 11) is 1.62. The van der Waals surface area contributed by atoms with E-state index < -0.39 is 6.10 Å². The van der Waals surface area contributed by atoms with Crippen LogP contribution in [0.3, 0.4) is 0 Å². The van der Waals surface area contributed by atoms with Crippen LogP contribution in [0.5, 0.6) is 11.5 Å². The molecular formula is C23H29ClN2O4. The summed E-state index contributed by atoms with van der Waals surface area (Å²) in [5.74, 6) is 1.49. The first-order valence-corrected chi connectivity index (χ1v) is 9.84. The standard InChI is InChI=1S/C23H28N2O4.ClH/c1-28-22-10-6-5-7-19(22)11-12-23(27)25-15-13-24(14-16-25)17-20(26)18-29-21-8-3-2-4-9-21;/h2-12,20,26H,13-18H2,1H3;1H/b12-11+;. The van der Waals surface area contributed by atoms with Gasteiger partial charge in [0.2, 0.25) is 5.91 Å². The number of para-hydroxylation sites is 2. The lowest BCUT2D eigenvalue weighted by molar-refractivity contribution is -0.127. The van der Waals surface area contributed by atoms with Crippen LogP contribution in [0.15, 0.2) is 60.7 Å². The minimum absolute atomic E-state index is 0. The van der Waals surface area contributed by atoms with Gasteiger partial charge in [-0.2, -0.15) is 0 Å². The van der Waals surface area contributed by atoms with Gasteiger partial charge in [-0.15, -0.1) is 12.4 Å². The molecule has 0 bridgehead atoms. The van der Waals surface area contributed by atoms with E-state index in [-0.39, 0.29) is 24.9 Å². The Hall–Kier alpha value is -2.54. The predicted octanol–water partition coefficient (Wildman–Crippen LogP) is 2.71. The molecule has 7 heteroatoms. The average Bonchev–Trinajstić information content (AvgIpc) is 2.77. The minimum atomic E-state index is -0.567. The molecule has 1 atom stereocenters. The Labute approximate surface area is 184 Å². The molecule has 1 unspecified atom stereocenters. The monoisotopic (exact) mass is 432 g/mol. The number of methoxy groups -OCH3 is 1. The fraction of sp³-hybridized carbons (Fsp3) is 0.348. The first kappa shape index (κ1) is 23.7. The zero-order valence-corrected chi connectivity index (χ0v) is 18.0. The Morgan fingerprint density at radius 2 is 1.73 bits per heavy atom. The molecule has 1 saturated heterocycles. The topological polar surface area (TPSA) is 62.2 Å². The number of β-amino-alcohol motifs (C(OH)–C–C–N with tert-alkyl or cyclic N) is 1. The van der Waals surface area contributed by atoms with Crippen molar-refractivity contribution < 1.29 is 19.4 Å². The van der Waals surface area contributed by atoms with E-state index in [2.05, 4.69) is 4.90 Å². The summed E-state index contributed by atoms with van der Waals surface area (Å²) in [5, 5.41) is 10.2. The summed E-state index contributed by atoms with van der Waals surface area (Å²) in [6.07, 6.45) is 2.82. The van der Waals surface area contributed by atoms with Crippen molar-refractivity contribution in [3.05, 3.63) is 66.2 Å². The average molecular weight is 433 g/mol. The fourth-order valence-corrected chi connectivity index (χ4v) is 3.28. The molecule has 1 amide bonds. The Bertz CT molecular complexity index is 808. The molecule has 2 aromatic carbocycles. The maximum atomic E-state index is 12.5. The zero-order chi connectivity index (χ0) is 20.5. The molecule has 162 valence electrons. The quantitative estimate of drug-likeness (QED) is 0.650. The van der Waals surface area contributed by atoms with Gasteiger partial charge in [-0.1, -0.05) is 36.4 Å². The van der Waals surface area contributed by atoms with Gasteiger partial charge in [-0.25, -0.2) is 0 Å². The second-order valence-corrected chi connectivity index (χ2v) is 6.98. The number of piperazine rings is 1. The van der Waals surface area contributed by atoms with Gasteiger partial charge in [0.05, 0.1) is 7.11 Å². The van der Waals surface area contributed by atoms with E-state index in [1.54, 1.807) is 19.3 Å². The molecule has 0 aromatic heterocycles. The van der Waals surface area contributed by atoms with Crippen LogP contribution in [-0.4, -0.2) is 73.4 Å². The molecule has 1 heterocycles. The Morgan fingerprint density at radius 1 is 1.07 bits per heavy atom. The second-order valence-electron chi connectivity index (χ2n) is 6.98. The first-order chi connectivity index (χ1) is 14.2. The number of rotatable bonds is 8. The number of hydrogen-bond donors (Lipinski definition) is 1. The molecule has 30 heavy (non-hydrogen) atoms. The zero-order valence-electron chi connectivity index (χ0n) is 17.1. The number of carbonyl (C=O) groups is 1. The molecule has 1 fully saturated rings. The third-order valence-corrected chi connectivity index (χ3v) is 4.88. The number of hydrogen-bond acceptors (Lipinski definition) is 5. The van der Waals surface area contributed by atoms with Crippen LogP contribution in [0.1, 0.15) is 5.56 Å². The highest BCUT2D eigenvalue weighted by atomic mass is 35.5. The van der Waals surface area contributed by atoms with Crippen molar-refractivity contribution in [3.63, 3.8) is 0 Å². The van der Waals surface area contributed by atoms with Crippen molar-refractivity contribution in [2.75, 3.05) is 46.4 Å². The molecule has 0 spiro atoms. The maximum Gasteiger partial charge on any atom is 0.246 e. The van der Waals surface area contributed by atoms with Gasteiger partial charge < -0.3 is 19.5 Å². The molecule has 0 radical (unpaired) electrons. The maximum absolute atomic E-state index is 12.5. The molecule has 0 saturated carbocycles. The Kier molecular flexibility index (Phi) is 9.67. The van der Waals surface area contributed by atoms with Crippen molar-refractivity contribution in [2.24, 2.45) is 0 Å². The van der Waals surface area contributed by atoms with Gasteiger partial charge in [0.1, 0.15) is 24.2 Å². The fourth-order valence-electron chi connectivity index (χ4n) is 3.28. The van der Waals surface area contributed by atoms with Crippen molar-refractivity contribution in [1.82, 2.24) is 9.80 Å². The predicted molar refractivity (Wildman–Crippen MR) is 120 cm³/mol. The molecular weight excluding hydrogens is 404 g/mol. The largest absolute Gasteiger partial charge is 0.496 e. The Balaban J connectivity index is 0.00000320. The molecule has 0 aliphatic carbocycles. The van der Waals surface area contributed by atoms with Crippen LogP contribution in [0, 0.1) is 0 Å². The van der Waals surface area contributed by atoms with E-state index in [0.29, 0.717) is 19.6 Å². The van der Waals surface area contributed by atoms with Crippen LogP contribution in [0.4, 0.5) is 0 Å². The summed E-state index contributed by atoms with van der Waals surface area (Å²) in [5.41, 5.74) is 0.878. The lowest BCUT2D eigenvalue weighted by Gasteiger charge is -2.35. The molecule has 1 aliphatic heterocycles. The van der Waals surface area contributed by atoms with Gasteiger partial charge in [0.25, 0.3) is 0 Å². The number of halogens is 1. The number of amides is 1. The molecule has 2 aromatic rings. The number of carbonyl (C=O) groups excluding carboxylic acids is 1. The molecule has 3 rings (SSSR count). The third-order valence-electron chi connectivity index (χ3n) is 4.88. The summed E-state index contributed by atoms with van der Waals surface area (Å²) >= 11 is 0. The van der Waals surface area contributed by atoms with E-state index >= 15 is 0 Å². The summed E-state index contributed by atoms with van der Waals surface area (Å²) in [6, 6.07) is 17.1. The normalized spacial score (nSPS) is 15.5. The van der Waals surface area contributed by atoms with E-state index in [1.807, 2.05) is 59.5 Å². The Morgan fingerprint density at radius 3 is 2.43 bits per heavy atom. The molecule has 1 N–H and O–H groups in total. The highest BCUT2D eigenvalue weighted by Crippen LogP contribution is 2.19. The number of aliphatic hydroxyl groups excluding tert-OH is 1. The van der Waals surface area contributed by atoms with Crippen LogP contribution in [0.2, 0.25) is 0 Å². The molecule has 1 aliphatic rings. The van der Waals surface area contributed by atoms with Gasteiger partial charge in [0, 0.05) is 44.4 Å². The smallest absolute Gasteiger partial charge is 0.246 e. The van der Waals surface area contributed by atoms with Crippen molar-refractivity contribution >= 4 is 24.4 Å². The van der Waals surface area contributed by atoms with E-state index in [9.17, 15) is 9.90 Å². The van der Waals surface area contributed by atoms with E-state index in [1.165, 1.54) is 0 Å². The van der Waals surface area contributed by atoms with Gasteiger partial charge in [-0.3, -0.25) is 9.69 Å². The second kappa shape index (κ2) is 12.2. The van der Waals surface area contributed by atoms with Crippen molar-refractivity contribution in [1.29, 1.82) is 0 Å². The van der Waals surface area contributed by atoms with Gasteiger partial charge in [0.15, 0.2) is 0 Å². The number of aliphatic hydroxyl groups is 1. The summed E-state index contributed by atoms with van der Waals surface area (Å²) in [6.45, 7) is 3.53. The van der Waals surface area contributed by atoms with Crippen LogP contribution in [-0.2, 0) is 4.79 Å². The minimum Gasteiger partial charge on any atom is -0.496 e. The van der Waals surface area contributed by atoms with Crippen molar-refractivity contribution in [2.45, 2.75) is 6.10 Å². The highest BCUT2D eigenvalue weighted by molar-refractivity contribution is 5.92. The van der Waals surface area contributed by atoms with Crippen LogP contribution < -0.4 is 9.47 Å². The summed E-state index contributed by atoms with van der Waals surface area (Å²) in [4.78, 5) is 16.5. The number of benzene rings is 2. The van der Waals surface area contributed by atoms with Crippen molar-refractivity contribution in [3.8, 4) is 11.5 Å². The first-order valence-electron chi connectivity index (χ1n) is 9.84. The van der Waals surface area contributed by atoms with Crippen LogP contribution in [0.25, 0.3) is 6.08 Å². The van der Waals surface area contributed by atoms with Crippen LogP contribution >= 0.6 is 12.4 Å². The lowest BCUT2D eigenvalue weighted by Crippen LogP contribution is -2.50. The lowest BCUT2D eigenvalue weighted by atomic mass is 10.2. The van der Waals surface area contributed by atoms with Gasteiger partial charge in [-0.05, 0) is 24.3 Å². The number of ether oxygens (including phenoxy) is 2. The SMILES string of the molecule is COc1ccccc1/C=C/C(=O)N1CCN(CC(O)COc2ccccc2)CC1.Cl. The third kappa shape index (κ3) is 7.06. The number of nitrogens with zero attached hydrogens (tertiary/aromatic N) is 2. The highest BCUT2D eigenvalue weighted by Gasteiger charge is 2.21. The van der Waals surface area contributed by atoms with Gasteiger partial charge >= 0.3 is 0 Å². The molecule has 6 nitrogen and oxygen atoms in total.